The molecule has 3 rings (SSSR count). The maximum atomic E-state index is 13.2. The fourth-order valence-corrected chi connectivity index (χ4v) is 3.52. The van der Waals surface area contributed by atoms with Gasteiger partial charge in [-0.3, -0.25) is 14.5 Å². The summed E-state index contributed by atoms with van der Waals surface area (Å²) in [5.74, 6) is 0.392. The van der Waals surface area contributed by atoms with Crippen LogP contribution in [0.4, 0.5) is 5.69 Å². The van der Waals surface area contributed by atoms with Gasteiger partial charge >= 0.3 is 0 Å². The first kappa shape index (κ1) is 21.6. The number of ether oxygens (including phenoxy) is 1. The molecule has 158 valence electrons. The van der Waals surface area contributed by atoms with Crippen molar-refractivity contribution in [2.24, 2.45) is 5.92 Å². The molecule has 0 bridgehead atoms. The molecule has 2 aromatic carbocycles. The molecule has 2 amide bonds. The average molecular weight is 407 g/mol. The zero-order valence-electron chi connectivity index (χ0n) is 18.4. The van der Waals surface area contributed by atoms with Crippen LogP contribution in [0.5, 0.6) is 5.75 Å². The van der Waals surface area contributed by atoms with Crippen LogP contribution in [0.15, 0.2) is 48.2 Å². The lowest BCUT2D eigenvalue weighted by atomic mass is 10.0. The molecule has 2 aromatic rings. The number of nitrogens with zero attached hydrogens (tertiary/aromatic N) is 1. The Morgan fingerprint density at radius 2 is 1.70 bits per heavy atom. The number of carbonyl (C=O) groups is 2. The summed E-state index contributed by atoms with van der Waals surface area (Å²) in [6, 6.07) is 13.4. The second kappa shape index (κ2) is 9.16. The summed E-state index contributed by atoms with van der Waals surface area (Å²) in [5.41, 5.74) is 4.43. The monoisotopic (exact) mass is 406 g/mol. The fraction of sp³-hybridized carbons (Fsp3) is 0.360. The lowest BCUT2D eigenvalue weighted by Gasteiger charge is -2.17. The molecular formula is C25H30N2O3. The van der Waals surface area contributed by atoms with Crippen molar-refractivity contribution in [2.45, 2.75) is 41.0 Å². The van der Waals surface area contributed by atoms with E-state index < -0.39 is 0 Å². The smallest absolute Gasteiger partial charge is 0.278 e. The number of rotatable bonds is 8. The molecule has 0 radical (unpaired) electrons. The van der Waals surface area contributed by atoms with Crippen LogP contribution >= 0.6 is 0 Å². The number of benzene rings is 2. The van der Waals surface area contributed by atoms with Gasteiger partial charge in [0.25, 0.3) is 11.8 Å². The summed E-state index contributed by atoms with van der Waals surface area (Å²) in [6.45, 7) is 11.1. The Balaban J connectivity index is 2.01. The van der Waals surface area contributed by atoms with E-state index in [1.165, 1.54) is 4.90 Å². The van der Waals surface area contributed by atoms with Gasteiger partial charge in [-0.05, 0) is 55.5 Å². The van der Waals surface area contributed by atoms with E-state index in [0.717, 1.165) is 29.0 Å². The summed E-state index contributed by atoms with van der Waals surface area (Å²) < 4.78 is 5.65. The van der Waals surface area contributed by atoms with Crippen molar-refractivity contribution in [1.29, 1.82) is 0 Å². The van der Waals surface area contributed by atoms with Crippen LogP contribution < -0.4 is 10.1 Å². The van der Waals surface area contributed by atoms with E-state index in [4.69, 9.17) is 4.74 Å². The fourth-order valence-electron chi connectivity index (χ4n) is 3.52. The number of anilines is 1. The van der Waals surface area contributed by atoms with Gasteiger partial charge in [-0.25, -0.2) is 0 Å². The van der Waals surface area contributed by atoms with Gasteiger partial charge in [0.2, 0.25) is 0 Å². The first-order chi connectivity index (χ1) is 14.3. The number of carbonyl (C=O) groups excluding carboxylic acids is 2. The number of imide groups is 1. The quantitative estimate of drug-likeness (QED) is 0.631. The highest BCUT2D eigenvalue weighted by Gasteiger charge is 2.39. The Kier molecular flexibility index (Phi) is 6.60. The molecule has 0 unspecified atom stereocenters. The Labute approximate surface area is 178 Å². The number of nitrogens with one attached hydrogen (secondary N) is 1. The predicted octanol–water partition coefficient (Wildman–Crippen LogP) is 4.94. The number of hydrogen-bond acceptors (Lipinski definition) is 4. The molecular weight excluding hydrogens is 376 g/mol. The van der Waals surface area contributed by atoms with Crippen molar-refractivity contribution in [3.63, 3.8) is 0 Å². The van der Waals surface area contributed by atoms with Crippen molar-refractivity contribution in [3.8, 4) is 5.75 Å². The number of hydrogen-bond donors (Lipinski definition) is 1. The highest BCUT2D eigenvalue weighted by molar-refractivity contribution is 6.36. The van der Waals surface area contributed by atoms with E-state index in [1.807, 2.05) is 64.1 Å². The van der Waals surface area contributed by atoms with Gasteiger partial charge < -0.3 is 10.1 Å². The Morgan fingerprint density at radius 1 is 1.00 bits per heavy atom. The van der Waals surface area contributed by atoms with E-state index >= 15 is 0 Å². The van der Waals surface area contributed by atoms with Crippen molar-refractivity contribution in [2.75, 3.05) is 18.5 Å². The van der Waals surface area contributed by atoms with E-state index in [0.29, 0.717) is 30.0 Å². The van der Waals surface area contributed by atoms with Crippen molar-refractivity contribution >= 4 is 23.1 Å². The normalized spacial score (nSPS) is 14.1. The van der Waals surface area contributed by atoms with E-state index in [-0.39, 0.29) is 17.7 Å². The van der Waals surface area contributed by atoms with Gasteiger partial charge in [-0.1, -0.05) is 50.6 Å². The van der Waals surface area contributed by atoms with E-state index in [9.17, 15) is 9.59 Å². The van der Waals surface area contributed by atoms with E-state index in [2.05, 4.69) is 18.3 Å². The zero-order chi connectivity index (χ0) is 21.8. The average Bonchev–Trinajstić information content (AvgIpc) is 2.93. The maximum Gasteiger partial charge on any atom is 0.278 e. The highest BCUT2D eigenvalue weighted by Crippen LogP contribution is 2.32. The van der Waals surface area contributed by atoms with Crippen molar-refractivity contribution in [3.05, 3.63) is 64.9 Å². The largest absolute Gasteiger partial charge is 0.494 e. The molecule has 0 saturated heterocycles. The Morgan fingerprint density at radius 3 is 2.30 bits per heavy atom. The van der Waals surface area contributed by atoms with Crippen molar-refractivity contribution in [1.82, 2.24) is 4.90 Å². The molecule has 0 atom stereocenters. The molecule has 0 spiro atoms. The lowest BCUT2D eigenvalue weighted by molar-refractivity contribution is -0.137. The van der Waals surface area contributed by atoms with Gasteiger partial charge in [0, 0.05) is 12.2 Å². The summed E-state index contributed by atoms with van der Waals surface area (Å²) in [5, 5.41) is 3.25. The van der Waals surface area contributed by atoms with Gasteiger partial charge in [-0.2, -0.15) is 0 Å². The standard InChI is InChI=1S/C25H30N2O3/c1-6-13-30-20-10-8-19(9-11-20)22-23(25(29)27(24(22)28)15-16(2)3)26-21-12-7-17(4)14-18(21)5/h7-12,14,16,26H,6,13,15H2,1-5H3. The van der Waals surface area contributed by atoms with Crippen molar-refractivity contribution < 1.29 is 14.3 Å². The molecule has 5 heteroatoms. The lowest BCUT2D eigenvalue weighted by Crippen LogP contribution is -2.35. The van der Waals surface area contributed by atoms with Crippen LogP contribution in [0.25, 0.3) is 5.57 Å². The highest BCUT2D eigenvalue weighted by atomic mass is 16.5. The summed E-state index contributed by atoms with van der Waals surface area (Å²) in [6.07, 6.45) is 0.925. The minimum absolute atomic E-state index is 0.185. The summed E-state index contributed by atoms with van der Waals surface area (Å²) in [4.78, 5) is 27.8. The third kappa shape index (κ3) is 4.56. The molecule has 30 heavy (non-hydrogen) atoms. The minimum atomic E-state index is -0.282. The van der Waals surface area contributed by atoms with Gasteiger partial charge in [-0.15, -0.1) is 0 Å². The third-order valence-corrected chi connectivity index (χ3v) is 4.97. The van der Waals surface area contributed by atoms with Crippen LogP contribution in [0.2, 0.25) is 0 Å². The Bertz CT molecular complexity index is 974. The molecule has 1 aliphatic heterocycles. The zero-order valence-corrected chi connectivity index (χ0v) is 18.4. The third-order valence-electron chi connectivity index (χ3n) is 4.97. The molecule has 0 aliphatic carbocycles. The van der Waals surface area contributed by atoms with Gasteiger partial charge in [0.1, 0.15) is 11.4 Å². The van der Waals surface area contributed by atoms with Crippen LogP contribution in [0.1, 0.15) is 43.9 Å². The summed E-state index contributed by atoms with van der Waals surface area (Å²) >= 11 is 0. The van der Waals surface area contributed by atoms with Gasteiger partial charge in [0.15, 0.2) is 0 Å². The SMILES string of the molecule is CCCOc1ccc(C2=C(Nc3ccc(C)cc3C)C(=O)N(CC(C)C)C2=O)cc1. The molecule has 0 saturated carbocycles. The van der Waals surface area contributed by atoms with Crippen LogP contribution in [0, 0.1) is 19.8 Å². The second-order valence-electron chi connectivity index (χ2n) is 8.18. The van der Waals surface area contributed by atoms with Crippen LogP contribution in [-0.2, 0) is 9.59 Å². The first-order valence-corrected chi connectivity index (χ1v) is 10.5. The molecule has 5 nitrogen and oxygen atoms in total. The first-order valence-electron chi connectivity index (χ1n) is 10.5. The minimum Gasteiger partial charge on any atom is -0.494 e. The topological polar surface area (TPSA) is 58.6 Å². The van der Waals surface area contributed by atoms with Crippen LogP contribution in [-0.4, -0.2) is 29.9 Å². The molecule has 0 fully saturated rings. The van der Waals surface area contributed by atoms with E-state index in [1.54, 1.807) is 0 Å². The maximum absolute atomic E-state index is 13.2. The molecule has 1 N–H and O–H groups in total. The summed E-state index contributed by atoms with van der Waals surface area (Å²) in [7, 11) is 0. The van der Waals surface area contributed by atoms with Gasteiger partial charge in [0.05, 0.1) is 12.2 Å². The predicted molar refractivity (Wildman–Crippen MR) is 120 cm³/mol. The Hall–Kier alpha value is -3.08. The second-order valence-corrected chi connectivity index (χ2v) is 8.18. The molecule has 1 heterocycles. The van der Waals surface area contributed by atoms with Crippen LogP contribution in [0.3, 0.4) is 0 Å². The number of aryl methyl sites for hydroxylation is 2. The molecule has 1 aliphatic rings. The number of amides is 2. The molecule has 0 aromatic heterocycles.